The first-order chi connectivity index (χ1) is 13.7. The third-order valence-corrected chi connectivity index (χ3v) is 5.11. The van der Waals surface area contributed by atoms with Crippen LogP contribution in [0.4, 0.5) is 5.69 Å². The number of rotatable bonds is 9. The SMILES string of the molecule is COC(=O)CCC(=O)S[C@H]1CC(=O)N1C(O)C(=O)OCc1ccc([N+](=O)[O-])cc1. The first-order valence-electron chi connectivity index (χ1n) is 8.38. The molecule has 1 aliphatic heterocycles. The first-order valence-corrected chi connectivity index (χ1v) is 9.26. The van der Waals surface area contributed by atoms with Gasteiger partial charge < -0.3 is 14.6 Å². The number of benzene rings is 1. The van der Waals surface area contributed by atoms with Crippen molar-refractivity contribution >= 4 is 40.4 Å². The second kappa shape index (κ2) is 9.98. The minimum absolute atomic E-state index is 0.0404. The Morgan fingerprint density at radius 2 is 1.97 bits per heavy atom. The van der Waals surface area contributed by atoms with Gasteiger partial charge in [-0.15, -0.1) is 0 Å². The number of β-lactam (4-membered cyclic amide) rings is 1. The van der Waals surface area contributed by atoms with Crippen molar-refractivity contribution in [2.24, 2.45) is 0 Å². The first kappa shape index (κ1) is 22.3. The number of carbonyl (C=O) groups is 4. The predicted molar refractivity (Wildman–Crippen MR) is 98.0 cm³/mol. The van der Waals surface area contributed by atoms with Crippen LogP contribution in [0, 0.1) is 10.1 Å². The van der Waals surface area contributed by atoms with Crippen LogP contribution in [-0.4, -0.2) is 56.6 Å². The van der Waals surface area contributed by atoms with Crippen LogP contribution < -0.4 is 0 Å². The number of nitro benzene ring substituents is 1. The number of nitrogens with zero attached hydrogens (tertiary/aromatic N) is 2. The minimum Gasteiger partial charge on any atom is -0.469 e. The highest BCUT2D eigenvalue weighted by molar-refractivity contribution is 8.14. The summed E-state index contributed by atoms with van der Waals surface area (Å²) in [4.78, 5) is 57.6. The summed E-state index contributed by atoms with van der Waals surface area (Å²) < 4.78 is 9.37. The molecule has 1 aromatic rings. The van der Waals surface area contributed by atoms with Crippen molar-refractivity contribution in [1.82, 2.24) is 4.90 Å². The second-order valence-corrected chi connectivity index (χ2v) is 7.17. The molecule has 0 bridgehead atoms. The zero-order valence-electron chi connectivity index (χ0n) is 15.3. The molecule has 1 aromatic carbocycles. The van der Waals surface area contributed by atoms with Gasteiger partial charge in [-0.2, -0.15) is 0 Å². The fraction of sp³-hybridized carbons (Fsp3) is 0.412. The molecule has 12 heteroatoms. The molecule has 156 valence electrons. The van der Waals surface area contributed by atoms with E-state index >= 15 is 0 Å². The van der Waals surface area contributed by atoms with E-state index in [4.69, 9.17) is 4.74 Å². The Hall–Kier alpha value is -2.99. The van der Waals surface area contributed by atoms with Crippen LogP contribution in [-0.2, 0) is 35.3 Å². The molecule has 1 amide bonds. The van der Waals surface area contributed by atoms with Gasteiger partial charge >= 0.3 is 11.9 Å². The molecule has 0 spiro atoms. The Bertz CT molecular complexity index is 812. The smallest absolute Gasteiger partial charge is 0.356 e. The number of thioether (sulfide) groups is 1. The van der Waals surface area contributed by atoms with Crippen molar-refractivity contribution in [2.45, 2.75) is 37.5 Å². The van der Waals surface area contributed by atoms with Gasteiger partial charge in [-0.3, -0.25) is 29.4 Å². The average Bonchev–Trinajstić information content (AvgIpc) is 2.69. The lowest BCUT2D eigenvalue weighted by Gasteiger charge is -2.41. The second-order valence-electron chi connectivity index (χ2n) is 5.93. The molecule has 1 fully saturated rings. The molecule has 0 saturated carbocycles. The summed E-state index contributed by atoms with van der Waals surface area (Å²) in [7, 11) is 1.20. The number of aliphatic hydroxyl groups excluding tert-OH is 1. The fourth-order valence-electron chi connectivity index (χ4n) is 2.37. The van der Waals surface area contributed by atoms with Crippen molar-refractivity contribution in [3.05, 3.63) is 39.9 Å². The van der Waals surface area contributed by atoms with Gasteiger partial charge in [0.2, 0.25) is 12.1 Å². The van der Waals surface area contributed by atoms with Crippen LogP contribution in [0.1, 0.15) is 24.8 Å². The van der Waals surface area contributed by atoms with Crippen molar-refractivity contribution < 1.29 is 38.7 Å². The third kappa shape index (κ3) is 5.99. The van der Waals surface area contributed by atoms with Crippen LogP contribution in [0.25, 0.3) is 0 Å². The molecule has 2 atom stereocenters. The highest BCUT2D eigenvalue weighted by Crippen LogP contribution is 2.32. The van der Waals surface area contributed by atoms with Gasteiger partial charge in [0, 0.05) is 18.6 Å². The molecular weight excluding hydrogens is 408 g/mol. The summed E-state index contributed by atoms with van der Waals surface area (Å²) in [5.41, 5.74) is 0.331. The number of esters is 2. The zero-order valence-corrected chi connectivity index (χ0v) is 16.1. The summed E-state index contributed by atoms with van der Waals surface area (Å²) >= 11 is 0.742. The minimum atomic E-state index is -1.89. The molecule has 29 heavy (non-hydrogen) atoms. The number of amides is 1. The lowest BCUT2D eigenvalue weighted by atomic mass is 10.2. The average molecular weight is 426 g/mol. The van der Waals surface area contributed by atoms with Gasteiger partial charge in [0.25, 0.3) is 5.69 Å². The molecule has 0 aliphatic carbocycles. The van der Waals surface area contributed by atoms with E-state index in [9.17, 15) is 34.4 Å². The van der Waals surface area contributed by atoms with Crippen molar-refractivity contribution in [2.75, 3.05) is 7.11 Å². The number of carbonyl (C=O) groups excluding carboxylic acids is 4. The number of hydrogen-bond donors (Lipinski definition) is 1. The summed E-state index contributed by atoms with van der Waals surface area (Å²) in [6.07, 6.45) is -2.14. The largest absolute Gasteiger partial charge is 0.469 e. The molecule has 1 saturated heterocycles. The molecule has 1 heterocycles. The standard InChI is InChI=1S/C17H18N2O9S/c1-27-14(21)6-7-15(22)29-13-8-12(20)18(13)16(23)17(24)28-9-10-2-4-11(5-3-10)19(25)26/h2-5,13,16,23H,6-9H2,1H3/t13-,16?/m0/s1. The van der Waals surface area contributed by atoms with E-state index in [-0.39, 0.29) is 36.7 Å². The van der Waals surface area contributed by atoms with Crippen LogP contribution in [0.2, 0.25) is 0 Å². The number of hydrogen-bond acceptors (Lipinski definition) is 10. The Balaban J connectivity index is 1.85. The maximum Gasteiger partial charge on any atom is 0.356 e. The van der Waals surface area contributed by atoms with E-state index in [0.29, 0.717) is 5.56 Å². The zero-order chi connectivity index (χ0) is 21.6. The summed E-state index contributed by atoms with van der Waals surface area (Å²) in [6, 6.07) is 5.27. The van der Waals surface area contributed by atoms with E-state index < -0.39 is 34.4 Å². The maximum atomic E-state index is 12.0. The van der Waals surface area contributed by atoms with Crippen molar-refractivity contribution in [3.8, 4) is 0 Å². The van der Waals surface area contributed by atoms with Crippen LogP contribution in [0.5, 0.6) is 0 Å². The van der Waals surface area contributed by atoms with Crippen LogP contribution >= 0.6 is 11.8 Å². The van der Waals surface area contributed by atoms with Gasteiger partial charge in [0.15, 0.2) is 5.12 Å². The molecule has 0 radical (unpaired) electrons. The fourth-order valence-corrected chi connectivity index (χ4v) is 3.46. The molecular formula is C17H18N2O9S. The number of nitro groups is 1. The monoisotopic (exact) mass is 426 g/mol. The van der Waals surface area contributed by atoms with E-state index in [2.05, 4.69) is 4.74 Å². The van der Waals surface area contributed by atoms with Gasteiger partial charge in [0.1, 0.15) is 6.61 Å². The van der Waals surface area contributed by atoms with Gasteiger partial charge in [-0.05, 0) is 17.7 Å². The molecule has 1 N–H and O–H groups in total. The van der Waals surface area contributed by atoms with Gasteiger partial charge in [0.05, 0.1) is 30.2 Å². The van der Waals surface area contributed by atoms with Crippen molar-refractivity contribution in [1.29, 1.82) is 0 Å². The van der Waals surface area contributed by atoms with Gasteiger partial charge in [-0.25, -0.2) is 4.79 Å². The summed E-state index contributed by atoms with van der Waals surface area (Å²) in [6.45, 7) is -0.258. The van der Waals surface area contributed by atoms with Crippen molar-refractivity contribution in [3.63, 3.8) is 0 Å². The van der Waals surface area contributed by atoms with E-state index in [1.165, 1.54) is 31.4 Å². The molecule has 0 aromatic heterocycles. The van der Waals surface area contributed by atoms with Crippen LogP contribution in [0.3, 0.4) is 0 Å². The molecule has 1 aliphatic rings. The topological polar surface area (TPSA) is 153 Å². The van der Waals surface area contributed by atoms with Crippen LogP contribution in [0.15, 0.2) is 24.3 Å². The maximum absolute atomic E-state index is 12.0. The van der Waals surface area contributed by atoms with E-state index in [0.717, 1.165) is 16.7 Å². The Kier molecular flexibility index (Phi) is 7.67. The molecule has 1 unspecified atom stereocenters. The number of aliphatic hydroxyl groups is 1. The molecule has 2 rings (SSSR count). The highest BCUT2D eigenvalue weighted by Gasteiger charge is 2.45. The van der Waals surface area contributed by atoms with E-state index in [1.54, 1.807) is 0 Å². The number of likely N-dealkylation sites (tertiary alicyclic amines) is 1. The number of methoxy groups -OCH3 is 1. The Morgan fingerprint density at radius 3 is 2.52 bits per heavy atom. The predicted octanol–water partition coefficient (Wildman–Crippen LogP) is 0.728. The quantitative estimate of drug-likeness (QED) is 0.259. The summed E-state index contributed by atoms with van der Waals surface area (Å²) in [5, 5.41) is 19.6. The lowest BCUT2D eigenvalue weighted by Crippen LogP contribution is -2.59. The number of non-ortho nitro benzene ring substituents is 1. The highest BCUT2D eigenvalue weighted by atomic mass is 32.2. The Morgan fingerprint density at radius 1 is 1.31 bits per heavy atom. The number of ether oxygens (including phenoxy) is 2. The Labute approximate surface area is 169 Å². The normalized spacial score (nSPS) is 16.6. The third-order valence-electron chi connectivity index (χ3n) is 3.98. The molecule has 11 nitrogen and oxygen atoms in total. The lowest BCUT2D eigenvalue weighted by molar-refractivity contribution is -0.384. The summed E-state index contributed by atoms with van der Waals surface area (Å²) in [5.74, 6) is -2.16. The van der Waals surface area contributed by atoms with E-state index in [1.807, 2.05) is 0 Å². The van der Waals surface area contributed by atoms with Gasteiger partial charge in [-0.1, -0.05) is 11.8 Å².